The van der Waals surface area contributed by atoms with E-state index in [4.69, 9.17) is 9.47 Å². The molecule has 74 heavy (non-hydrogen) atoms. The van der Waals surface area contributed by atoms with Gasteiger partial charge in [0.05, 0.1) is 25.4 Å². The van der Waals surface area contributed by atoms with E-state index in [0.717, 1.165) is 38.5 Å². The molecule has 1 aliphatic rings. The van der Waals surface area contributed by atoms with Gasteiger partial charge < -0.3 is 40.3 Å². The Hall–Kier alpha value is -1.07. The van der Waals surface area contributed by atoms with Crippen molar-refractivity contribution in [3.8, 4) is 0 Å². The van der Waals surface area contributed by atoms with Gasteiger partial charge in [-0.2, -0.15) is 0 Å². The molecule has 1 rings (SSSR count). The molecule has 1 heterocycles. The first-order valence-corrected chi connectivity index (χ1v) is 32.9. The molecule has 0 bridgehead atoms. The van der Waals surface area contributed by atoms with E-state index < -0.39 is 49.5 Å². The Bertz CT molecular complexity index is 1170. The monoisotopic (exact) mass is 1050 g/mol. The molecule has 9 nitrogen and oxygen atoms in total. The summed E-state index contributed by atoms with van der Waals surface area (Å²) < 4.78 is 11.3. The number of unbranched alkanes of at least 4 members (excludes halogenated alkanes) is 48. The summed E-state index contributed by atoms with van der Waals surface area (Å²) in [7, 11) is 0. The van der Waals surface area contributed by atoms with Crippen molar-refractivity contribution in [1.29, 1.82) is 0 Å². The second-order valence-corrected chi connectivity index (χ2v) is 23.3. The highest BCUT2D eigenvalue weighted by atomic mass is 16.7. The predicted octanol–water partition coefficient (Wildman–Crippen LogP) is 17.1. The van der Waals surface area contributed by atoms with Crippen LogP contribution in [0.15, 0.2) is 12.2 Å². The van der Waals surface area contributed by atoms with E-state index in [1.54, 1.807) is 6.08 Å². The average molecular weight is 1050 g/mol. The third kappa shape index (κ3) is 43.9. The molecule has 1 saturated heterocycles. The van der Waals surface area contributed by atoms with E-state index in [1.165, 1.54) is 283 Å². The number of aliphatic hydroxyl groups is 5. The first kappa shape index (κ1) is 70.9. The summed E-state index contributed by atoms with van der Waals surface area (Å²) in [6.07, 6.45) is 63.0. The maximum atomic E-state index is 13.1. The van der Waals surface area contributed by atoms with Gasteiger partial charge in [0.25, 0.3) is 0 Å². The van der Waals surface area contributed by atoms with Crippen LogP contribution in [0.3, 0.4) is 0 Å². The summed E-state index contributed by atoms with van der Waals surface area (Å²) in [5.41, 5.74) is 0. The van der Waals surface area contributed by atoms with Crippen molar-refractivity contribution in [3.05, 3.63) is 12.2 Å². The molecule has 0 saturated carbocycles. The average Bonchev–Trinajstić information content (AvgIpc) is 3.40. The van der Waals surface area contributed by atoms with Crippen LogP contribution in [-0.4, -0.2) is 87.5 Å². The van der Waals surface area contributed by atoms with E-state index in [0.29, 0.717) is 6.42 Å². The van der Waals surface area contributed by atoms with Crippen LogP contribution in [0, 0.1) is 0 Å². The number of ether oxygens (including phenoxy) is 2. The molecule has 6 N–H and O–H groups in total. The van der Waals surface area contributed by atoms with Gasteiger partial charge in [0.1, 0.15) is 24.4 Å². The van der Waals surface area contributed by atoms with E-state index in [-0.39, 0.29) is 12.5 Å². The van der Waals surface area contributed by atoms with E-state index in [1.807, 2.05) is 6.08 Å². The molecule has 7 atom stereocenters. The minimum atomic E-state index is -1.56. The Morgan fingerprint density at radius 2 is 0.743 bits per heavy atom. The zero-order chi connectivity index (χ0) is 53.6. The molecule has 0 radical (unpaired) electrons. The molecule has 0 aromatic carbocycles. The lowest BCUT2D eigenvalue weighted by atomic mass is 9.99. The number of hydrogen-bond donors (Lipinski definition) is 6. The highest BCUT2D eigenvalue weighted by Gasteiger charge is 2.44. The maximum absolute atomic E-state index is 13.1. The van der Waals surface area contributed by atoms with E-state index >= 15 is 0 Å². The molecule has 1 aliphatic heterocycles. The molecular weight excluding hydrogens is 923 g/mol. The molecule has 440 valence electrons. The molecule has 0 aliphatic carbocycles. The standard InChI is InChI=1S/C65H127NO8/c1-3-5-7-9-11-13-15-17-19-21-23-25-27-28-29-30-31-32-33-35-37-39-41-43-45-47-49-51-53-55-61(69)66-58(57-73-65-64(72)63(71)62(70)60(56-67)74-65)59(68)54-52-50-48-46-44-42-40-38-36-34-26-24-22-20-18-16-14-12-10-8-6-4-2/h52,54,58-60,62-65,67-68,70-72H,3-51,53,55-57H2,1-2H3,(H,66,69)/b54-52+. The number of rotatable bonds is 58. The SMILES string of the molecule is CCCCCCCCCCCCCCCCCCCCCC/C=C/C(O)C(COC1OC(CO)C(O)C(O)C1O)NC(=O)CCCCCCCCCCCCCCCCCCCCCCCCCCCCCCC. The lowest BCUT2D eigenvalue weighted by Crippen LogP contribution is -2.60. The Balaban J connectivity index is 2.14. The fourth-order valence-corrected chi connectivity index (χ4v) is 10.9. The largest absolute Gasteiger partial charge is 0.394 e. The van der Waals surface area contributed by atoms with Crippen LogP contribution in [0.5, 0.6) is 0 Å². The van der Waals surface area contributed by atoms with Gasteiger partial charge in [0.15, 0.2) is 6.29 Å². The van der Waals surface area contributed by atoms with Crippen molar-refractivity contribution in [1.82, 2.24) is 5.32 Å². The summed E-state index contributed by atoms with van der Waals surface area (Å²) in [5, 5.41) is 54.7. The lowest BCUT2D eigenvalue weighted by molar-refractivity contribution is -0.302. The van der Waals surface area contributed by atoms with Crippen LogP contribution >= 0.6 is 0 Å². The number of hydrogen-bond acceptors (Lipinski definition) is 8. The molecule has 0 aromatic rings. The van der Waals surface area contributed by atoms with Crippen LogP contribution in [-0.2, 0) is 14.3 Å². The zero-order valence-corrected chi connectivity index (χ0v) is 49.1. The van der Waals surface area contributed by atoms with Crippen LogP contribution in [0.1, 0.15) is 341 Å². The van der Waals surface area contributed by atoms with E-state index in [2.05, 4.69) is 19.2 Å². The van der Waals surface area contributed by atoms with Crippen molar-refractivity contribution >= 4 is 5.91 Å². The van der Waals surface area contributed by atoms with Crippen molar-refractivity contribution < 1.29 is 39.8 Å². The normalized spacial score (nSPS) is 18.9. The molecular formula is C65H127NO8. The van der Waals surface area contributed by atoms with Crippen LogP contribution in [0.25, 0.3) is 0 Å². The molecule has 0 spiro atoms. The summed E-state index contributed by atoms with van der Waals surface area (Å²) in [6.45, 7) is 3.84. The third-order valence-corrected chi connectivity index (χ3v) is 16.1. The Morgan fingerprint density at radius 1 is 0.446 bits per heavy atom. The fraction of sp³-hybridized carbons (Fsp3) is 0.954. The summed E-state index contributed by atoms with van der Waals surface area (Å²) >= 11 is 0. The fourth-order valence-electron chi connectivity index (χ4n) is 10.9. The first-order valence-electron chi connectivity index (χ1n) is 32.9. The number of carbonyl (C=O) groups is 1. The number of carbonyl (C=O) groups excluding carboxylic acids is 1. The number of amides is 1. The van der Waals surface area contributed by atoms with Gasteiger partial charge in [-0.15, -0.1) is 0 Å². The van der Waals surface area contributed by atoms with Crippen LogP contribution < -0.4 is 5.32 Å². The molecule has 0 aromatic heterocycles. The van der Waals surface area contributed by atoms with Crippen molar-refractivity contribution in [2.75, 3.05) is 13.2 Å². The Morgan fingerprint density at radius 3 is 1.05 bits per heavy atom. The quantitative estimate of drug-likeness (QED) is 0.0261. The van der Waals surface area contributed by atoms with Gasteiger partial charge in [-0.05, 0) is 19.3 Å². The number of nitrogens with one attached hydrogen (secondary N) is 1. The molecule has 1 fully saturated rings. The number of allylic oxidation sites excluding steroid dienone is 1. The maximum Gasteiger partial charge on any atom is 0.220 e. The third-order valence-electron chi connectivity index (χ3n) is 16.1. The summed E-state index contributed by atoms with van der Waals surface area (Å²) in [5.74, 6) is -0.168. The van der Waals surface area contributed by atoms with Crippen molar-refractivity contribution in [2.24, 2.45) is 0 Å². The topological polar surface area (TPSA) is 149 Å². The van der Waals surface area contributed by atoms with Crippen molar-refractivity contribution in [3.63, 3.8) is 0 Å². The van der Waals surface area contributed by atoms with Gasteiger partial charge >= 0.3 is 0 Å². The Kier molecular flexibility index (Phi) is 53.0. The van der Waals surface area contributed by atoms with Gasteiger partial charge in [0.2, 0.25) is 5.91 Å². The summed E-state index contributed by atoms with van der Waals surface area (Å²) in [6, 6.07) is -0.801. The van der Waals surface area contributed by atoms with Crippen LogP contribution in [0.4, 0.5) is 0 Å². The smallest absolute Gasteiger partial charge is 0.220 e. The first-order chi connectivity index (χ1) is 36.3. The molecule has 7 unspecified atom stereocenters. The molecule has 9 heteroatoms. The number of aliphatic hydroxyl groups excluding tert-OH is 5. The van der Waals surface area contributed by atoms with Gasteiger partial charge in [0, 0.05) is 6.42 Å². The summed E-state index contributed by atoms with van der Waals surface area (Å²) in [4.78, 5) is 13.1. The minimum absolute atomic E-state index is 0.168. The van der Waals surface area contributed by atoms with Crippen molar-refractivity contribution in [2.45, 2.75) is 384 Å². The lowest BCUT2D eigenvalue weighted by Gasteiger charge is -2.40. The second-order valence-electron chi connectivity index (χ2n) is 23.3. The van der Waals surface area contributed by atoms with E-state index in [9.17, 15) is 30.3 Å². The minimum Gasteiger partial charge on any atom is -0.394 e. The second kappa shape index (κ2) is 55.3. The zero-order valence-electron chi connectivity index (χ0n) is 49.1. The highest BCUT2D eigenvalue weighted by Crippen LogP contribution is 2.23. The predicted molar refractivity (Wildman–Crippen MR) is 314 cm³/mol. The van der Waals surface area contributed by atoms with Gasteiger partial charge in [-0.3, -0.25) is 4.79 Å². The highest BCUT2D eigenvalue weighted by molar-refractivity contribution is 5.76. The molecule has 1 amide bonds. The van der Waals surface area contributed by atoms with Crippen LogP contribution in [0.2, 0.25) is 0 Å². The van der Waals surface area contributed by atoms with Gasteiger partial charge in [-0.25, -0.2) is 0 Å². The van der Waals surface area contributed by atoms with Gasteiger partial charge in [-0.1, -0.05) is 328 Å². The Labute approximate surface area is 458 Å².